The van der Waals surface area contributed by atoms with Gasteiger partial charge in [0, 0.05) is 31.0 Å². The zero-order chi connectivity index (χ0) is 30.6. The van der Waals surface area contributed by atoms with E-state index >= 15 is 0 Å². The molecule has 1 spiro atoms. The van der Waals surface area contributed by atoms with Gasteiger partial charge in [-0.3, -0.25) is 14.5 Å². The summed E-state index contributed by atoms with van der Waals surface area (Å²) < 4.78 is 12.3. The SMILES string of the molecule is CCCCCCCC/C=C\CCCCCCCC(=O)Oc1ccc2c3c1O[C@H]1C(=O)CC[C@@]4(O)C(C2)N(CC2CC2)CC[C@]314. The third-order valence-electron chi connectivity index (χ3n) is 11.4. The van der Waals surface area contributed by atoms with E-state index < -0.39 is 17.1 Å². The summed E-state index contributed by atoms with van der Waals surface area (Å²) in [5.41, 5.74) is 0.363. The lowest BCUT2D eigenvalue weighted by Crippen LogP contribution is -2.76. The van der Waals surface area contributed by atoms with E-state index in [-0.39, 0.29) is 17.8 Å². The van der Waals surface area contributed by atoms with E-state index in [0.29, 0.717) is 37.2 Å². The molecule has 3 fully saturated rings. The fourth-order valence-electron chi connectivity index (χ4n) is 8.85. The largest absolute Gasteiger partial charge is 0.477 e. The van der Waals surface area contributed by atoms with Gasteiger partial charge in [0.1, 0.15) is 0 Å². The van der Waals surface area contributed by atoms with Gasteiger partial charge in [0.25, 0.3) is 0 Å². The summed E-state index contributed by atoms with van der Waals surface area (Å²) in [4.78, 5) is 28.7. The molecule has 6 heteroatoms. The first-order valence-corrected chi connectivity index (χ1v) is 18.2. The topological polar surface area (TPSA) is 76.1 Å². The van der Waals surface area contributed by atoms with Crippen LogP contribution in [0, 0.1) is 5.92 Å². The summed E-state index contributed by atoms with van der Waals surface area (Å²) in [5, 5.41) is 12.4. The number of nitrogens with zero attached hydrogens (tertiary/aromatic N) is 1. The summed E-state index contributed by atoms with van der Waals surface area (Å²) in [6.07, 6.45) is 25.1. The summed E-state index contributed by atoms with van der Waals surface area (Å²) in [5.74, 6) is 1.52. The summed E-state index contributed by atoms with van der Waals surface area (Å²) >= 11 is 0. The Kier molecular flexibility index (Phi) is 10.2. The van der Waals surface area contributed by atoms with Crippen molar-refractivity contribution < 1.29 is 24.2 Å². The Morgan fingerprint density at radius 2 is 1.70 bits per heavy atom. The van der Waals surface area contributed by atoms with Crippen molar-refractivity contribution in [3.8, 4) is 11.5 Å². The van der Waals surface area contributed by atoms with Gasteiger partial charge in [-0.2, -0.15) is 0 Å². The van der Waals surface area contributed by atoms with Crippen LogP contribution in [-0.2, 0) is 21.4 Å². The van der Waals surface area contributed by atoms with Crippen molar-refractivity contribution in [2.45, 2.75) is 159 Å². The van der Waals surface area contributed by atoms with Crippen molar-refractivity contribution in [1.29, 1.82) is 0 Å². The van der Waals surface area contributed by atoms with Crippen LogP contribution in [0.2, 0.25) is 0 Å². The second-order valence-electron chi connectivity index (χ2n) is 14.5. The number of unbranched alkanes of at least 4 members (excludes halogenated alkanes) is 11. The smallest absolute Gasteiger partial charge is 0.311 e. The van der Waals surface area contributed by atoms with Gasteiger partial charge >= 0.3 is 5.97 Å². The van der Waals surface area contributed by atoms with Crippen LogP contribution in [0.25, 0.3) is 0 Å². The maximum absolute atomic E-state index is 13.3. The van der Waals surface area contributed by atoms with Crippen LogP contribution in [0.5, 0.6) is 11.5 Å². The zero-order valence-electron chi connectivity index (χ0n) is 27.1. The summed E-state index contributed by atoms with van der Waals surface area (Å²) in [6.45, 7) is 4.17. The number of carbonyl (C=O) groups excluding carboxylic acids is 2. The number of ether oxygens (including phenoxy) is 2. The van der Waals surface area contributed by atoms with Crippen LogP contribution in [0.1, 0.15) is 140 Å². The minimum Gasteiger partial charge on any atom is -0.477 e. The molecular weight excluding hydrogens is 550 g/mol. The molecule has 0 radical (unpaired) electrons. The van der Waals surface area contributed by atoms with Gasteiger partial charge in [-0.15, -0.1) is 0 Å². The number of esters is 1. The van der Waals surface area contributed by atoms with Gasteiger partial charge in [-0.05, 0) is 88.3 Å². The Bertz CT molecular complexity index is 1210. The standard InChI is InChI=1S/C38H55NO5/c1-2-3-4-5-6-7-8-9-10-11-12-13-14-15-16-17-33(41)43-31-21-20-29-26-32-38(42)23-22-30(40)36-37(38,34(29)35(31)44-36)24-25-39(32)27-28-18-19-28/h9-10,20-21,28,32,36,42H,2-8,11-19,22-27H2,1H3/b10-9-/t32?,36-,37-,38+/m0/s1. The quantitative estimate of drug-likeness (QED) is 0.0798. The molecule has 1 saturated heterocycles. The van der Waals surface area contributed by atoms with Crippen molar-refractivity contribution in [2.75, 3.05) is 13.1 Å². The highest BCUT2D eigenvalue weighted by Crippen LogP contribution is 2.65. The summed E-state index contributed by atoms with van der Waals surface area (Å²) in [7, 11) is 0. The number of rotatable bonds is 18. The number of hydrogen-bond donors (Lipinski definition) is 1. The van der Waals surface area contributed by atoms with E-state index in [1.807, 2.05) is 6.07 Å². The van der Waals surface area contributed by atoms with Crippen LogP contribution >= 0.6 is 0 Å². The normalized spacial score (nSPS) is 28.7. The molecule has 0 aromatic heterocycles. The highest BCUT2D eigenvalue weighted by atomic mass is 16.6. The third-order valence-corrected chi connectivity index (χ3v) is 11.4. The highest BCUT2D eigenvalue weighted by Gasteiger charge is 2.73. The van der Waals surface area contributed by atoms with E-state index in [4.69, 9.17) is 9.47 Å². The first kappa shape index (κ1) is 31.8. The van der Waals surface area contributed by atoms with Crippen LogP contribution in [0.3, 0.4) is 0 Å². The van der Waals surface area contributed by atoms with E-state index in [0.717, 1.165) is 62.2 Å². The van der Waals surface area contributed by atoms with Crippen molar-refractivity contribution in [1.82, 2.24) is 4.90 Å². The number of likely N-dealkylation sites (tertiary alicyclic amines) is 1. The lowest BCUT2D eigenvalue weighted by atomic mass is 9.49. The minimum absolute atomic E-state index is 0.00373. The molecule has 1 aromatic rings. The molecule has 4 atom stereocenters. The first-order chi connectivity index (χ1) is 21.5. The van der Waals surface area contributed by atoms with E-state index in [1.54, 1.807) is 0 Å². The van der Waals surface area contributed by atoms with Crippen molar-refractivity contribution in [2.24, 2.45) is 5.92 Å². The number of ketones is 1. The molecule has 2 aliphatic heterocycles. The molecule has 2 heterocycles. The number of hydrogen-bond acceptors (Lipinski definition) is 6. The molecule has 3 aliphatic carbocycles. The van der Waals surface area contributed by atoms with Crippen LogP contribution in [0.4, 0.5) is 0 Å². The predicted molar refractivity (Wildman–Crippen MR) is 173 cm³/mol. The second kappa shape index (κ2) is 14.1. The van der Waals surface area contributed by atoms with Crippen molar-refractivity contribution >= 4 is 11.8 Å². The van der Waals surface area contributed by atoms with E-state index in [2.05, 4.69) is 30.0 Å². The van der Waals surface area contributed by atoms with E-state index in [9.17, 15) is 14.7 Å². The predicted octanol–water partition coefficient (Wildman–Crippen LogP) is 7.76. The number of aliphatic hydroxyl groups is 1. The Labute approximate surface area is 264 Å². The second-order valence-corrected chi connectivity index (χ2v) is 14.5. The van der Waals surface area contributed by atoms with Crippen LogP contribution in [-0.4, -0.2) is 52.6 Å². The van der Waals surface area contributed by atoms with Gasteiger partial charge in [0.05, 0.1) is 11.0 Å². The number of benzene rings is 1. The zero-order valence-corrected chi connectivity index (χ0v) is 27.1. The van der Waals surface area contributed by atoms with E-state index in [1.165, 1.54) is 70.6 Å². The van der Waals surface area contributed by atoms with Crippen LogP contribution in [0.15, 0.2) is 24.3 Å². The highest BCUT2D eigenvalue weighted by molar-refractivity contribution is 5.90. The number of Topliss-reactive ketones (excluding diaryl/α,β-unsaturated/α-hetero) is 1. The molecule has 2 saturated carbocycles. The van der Waals surface area contributed by atoms with Gasteiger partial charge in [-0.1, -0.05) is 76.5 Å². The third kappa shape index (κ3) is 6.27. The molecule has 1 unspecified atom stereocenters. The van der Waals surface area contributed by atoms with Gasteiger partial charge in [0.2, 0.25) is 0 Å². The molecular formula is C38H55NO5. The summed E-state index contributed by atoms with van der Waals surface area (Å²) in [6, 6.07) is 3.92. The maximum atomic E-state index is 13.3. The van der Waals surface area contributed by atoms with Gasteiger partial charge in [-0.25, -0.2) is 0 Å². The average molecular weight is 606 g/mol. The number of piperidine rings is 1. The molecule has 5 aliphatic rings. The Balaban J connectivity index is 0.975. The van der Waals surface area contributed by atoms with Gasteiger partial charge in [0.15, 0.2) is 23.4 Å². The molecule has 6 nitrogen and oxygen atoms in total. The number of carbonyl (C=O) groups is 2. The lowest BCUT2D eigenvalue weighted by molar-refractivity contribution is -0.188. The maximum Gasteiger partial charge on any atom is 0.311 e. The van der Waals surface area contributed by atoms with Crippen molar-refractivity contribution in [3.05, 3.63) is 35.4 Å². The monoisotopic (exact) mass is 605 g/mol. The molecule has 1 aromatic carbocycles. The molecule has 1 N–H and O–H groups in total. The fourth-order valence-corrected chi connectivity index (χ4v) is 8.85. The molecule has 6 rings (SSSR count). The fraction of sp³-hybridized carbons (Fsp3) is 0.737. The Hall–Kier alpha value is -2.18. The number of allylic oxidation sites excluding steroid dienone is 2. The Morgan fingerprint density at radius 1 is 1.00 bits per heavy atom. The van der Waals surface area contributed by atoms with Crippen LogP contribution < -0.4 is 9.47 Å². The van der Waals surface area contributed by atoms with Gasteiger partial charge < -0.3 is 14.6 Å². The molecule has 242 valence electrons. The van der Waals surface area contributed by atoms with Crippen molar-refractivity contribution in [3.63, 3.8) is 0 Å². The first-order valence-electron chi connectivity index (χ1n) is 18.2. The minimum atomic E-state index is -0.997. The lowest BCUT2D eigenvalue weighted by Gasteiger charge is -2.62. The average Bonchev–Trinajstić information content (AvgIpc) is 3.76. The molecule has 44 heavy (non-hydrogen) atoms. The molecule has 0 amide bonds. The molecule has 2 bridgehead atoms. The Morgan fingerprint density at radius 3 is 2.43 bits per heavy atom.